The summed E-state index contributed by atoms with van der Waals surface area (Å²) >= 11 is 5.89. The topological polar surface area (TPSA) is 79.0 Å². The summed E-state index contributed by atoms with van der Waals surface area (Å²) in [5.74, 6) is -0.263. The van der Waals surface area contributed by atoms with Gasteiger partial charge in [-0.05, 0) is 48.2 Å². The van der Waals surface area contributed by atoms with E-state index in [1.807, 2.05) is 18.2 Å². The predicted molar refractivity (Wildman–Crippen MR) is 123 cm³/mol. The predicted octanol–water partition coefficient (Wildman–Crippen LogP) is 2.64. The van der Waals surface area contributed by atoms with Crippen molar-refractivity contribution in [2.75, 3.05) is 32.8 Å². The van der Waals surface area contributed by atoms with Gasteiger partial charge in [0.2, 0.25) is 15.9 Å². The number of benzene rings is 2. The molecule has 1 atom stereocenters. The first kappa shape index (κ1) is 23.2. The van der Waals surface area contributed by atoms with Gasteiger partial charge in [0.05, 0.1) is 18.1 Å². The quantitative estimate of drug-likeness (QED) is 0.663. The summed E-state index contributed by atoms with van der Waals surface area (Å²) < 4.78 is 32.9. The Bertz CT molecular complexity index is 1040. The zero-order valence-electron chi connectivity index (χ0n) is 17.9. The molecule has 0 aromatic heterocycles. The second kappa shape index (κ2) is 10.3. The number of carbonyl (C=O) groups excluding carboxylic acids is 1. The highest BCUT2D eigenvalue weighted by atomic mass is 35.5. The van der Waals surface area contributed by atoms with Crippen molar-refractivity contribution in [3.8, 4) is 0 Å². The molecule has 4 rings (SSSR count). The zero-order chi connectivity index (χ0) is 22.6. The van der Waals surface area contributed by atoms with E-state index in [2.05, 4.69) is 16.3 Å². The van der Waals surface area contributed by atoms with E-state index in [1.165, 1.54) is 16.4 Å². The third-order valence-corrected chi connectivity index (χ3v) is 8.17. The minimum Gasteiger partial charge on any atom is -0.379 e. The SMILES string of the molecule is O=C(NCc1ccccc1CN1CCOCC1)C1CCCN1S(=O)(=O)c1ccc(Cl)cc1. The monoisotopic (exact) mass is 477 g/mol. The summed E-state index contributed by atoms with van der Waals surface area (Å²) in [6.45, 7) is 4.74. The van der Waals surface area contributed by atoms with Crippen LogP contribution in [0.2, 0.25) is 5.02 Å². The summed E-state index contributed by atoms with van der Waals surface area (Å²) in [4.78, 5) is 15.5. The fourth-order valence-corrected chi connectivity index (χ4v) is 6.00. The fourth-order valence-electron chi connectivity index (χ4n) is 4.22. The van der Waals surface area contributed by atoms with Crippen molar-refractivity contribution in [3.05, 3.63) is 64.7 Å². The van der Waals surface area contributed by atoms with E-state index >= 15 is 0 Å². The third-order valence-electron chi connectivity index (χ3n) is 6.00. The Morgan fingerprint density at radius 2 is 1.72 bits per heavy atom. The Balaban J connectivity index is 1.42. The van der Waals surface area contributed by atoms with Gasteiger partial charge in [-0.1, -0.05) is 35.9 Å². The number of amides is 1. The van der Waals surface area contributed by atoms with E-state index in [-0.39, 0.29) is 10.8 Å². The van der Waals surface area contributed by atoms with Gasteiger partial charge in [-0.15, -0.1) is 0 Å². The van der Waals surface area contributed by atoms with Gasteiger partial charge in [0.1, 0.15) is 6.04 Å². The molecule has 1 unspecified atom stereocenters. The van der Waals surface area contributed by atoms with Gasteiger partial charge >= 0.3 is 0 Å². The molecule has 0 saturated carbocycles. The van der Waals surface area contributed by atoms with E-state index in [0.29, 0.717) is 31.0 Å². The Labute approximate surface area is 194 Å². The number of hydrogen-bond donors (Lipinski definition) is 1. The molecule has 172 valence electrons. The first-order chi connectivity index (χ1) is 15.4. The molecular formula is C23H28ClN3O4S. The highest BCUT2D eigenvalue weighted by Crippen LogP contribution is 2.27. The molecule has 2 saturated heterocycles. The lowest BCUT2D eigenvalue weighted by Crippen LogP contribution is -2.45. The molecule has 2 aromatic rings. The highest BCUT2D eigenvalue weighted by Gasteiger charge is 2.39. The molecule has 2 fully saturated rings. The number of nitrogens with zero attached hydrogens (tertiary/aromatic N) is 2. The molecule has 0 bridgehead atoms. The normalized spacial score (nSPS) is 20.3. The van der Waals surface area contributed by atoms with E-state index in [9.17, 15) is 13.2 Å². The lowest BCUT2D eigenvalue weighted by molar-refractivity contribution is -0.124. The number of morpholine rings is 1. The molecule has 0 spiro atoms. The van der Waals surface area contributed by atoms with Gasteiger partial charge in [0.25, 0.3) is 0 Å². The van der Waals surface area contributed by atoms with Crippen LogP contribution in [-0.4, -0.2) is 62.4 Å². The smallest absolute Gasteiger partial charge is 0.243 e. The van der Waals surface area contributed by atoms with Crippen LogP contribution in [0.1, 0.15) is 24.0 Å². The van der Waals surface area contributed by atoms with E-state index < -0.39 is 16.1 Å². The van der Waals surface area contributed by atoms with Crippen molar-refractivity contribution in [1.82, 2.24) is 14.5 Å². The zero-order valence-corrected chi connectivity index (χ0v) is 19.4. The van der Waals surface area contributed by atoms with Crippen LogP contribution in [0.5, 0.6) is 0 Å². The number of nitrogens with one attached hydrogen (secondary N) is 1. The fraction of sp³-hybridized carbons (Fsp3) is 0.435. The maximum atomic E-state index is 13.1. The molecular weight excluding hydrogens is 450 g/mol. The number of ether oxygens (including phenoxy) is 1. The molecule has 7 nitrogen and oxygen atoms in total. The van der Waals surface area contributed by atoms with Crippen LogP contribution >= 0.6 is 11.6 Å². The van der Waals surface area contributed by atoms with Gasteiger partial charge in [-0.2, -0.15) is 4.31 Å². The molecule has 2 aliphatic rings. The standard InChI is InChI=1S/C23H28ClN3O4S/c24-20-7-9-21(10-8-20)32(29,30)27-11-3-6-22(27)23(28)25-16-18-4-1-2-5-19(18)17-26-12-14-31-15-13-26/h1-2,4-5,7-10,22H,3,6,11-17H2,(H,25,28). The second-order valence-electron chi connectivity index (χ2n) is 8.10. The van der Waals surface area contributed by atoms with Crippen molar-refractivity contribution >= 4 is 27.5 Å². The maximum absolute atomic E-state index is 13.1. The molecule has 2 aliphatic heterocycles. The minimum atomic E-state index is -3.76. The molecule has 32 heavy (non-hydrogen) atoms. The number of carbonyl (C=O) groups is 1. The minimum absolute atomic E-state index is 0.150. The average molecular weight is 478 g/mol. The molecule has 1 amide bonds. The first-order valence-electron chi connectivity index (χ1n) is 10.9. The van der Waals surface area contributed by atoms with Crippen LogP contribution in [-0.2, 0) is 32.6 Å². The Hall–Kier alpha value is -1.97. The summed E-state index contributed by atoms with van der Waals surface area (Å²) in [6, 6.07) is 13.4. The molecule has 0 aliphatic carbocycles. The largest absolute Gasteiger partial charge is 0.379 e. The van der Waals surface area contributed by atoms with E-state index in [1.54, 1.807) is 12.1 Å². The lowest BCUT2D eigenvalue weighted by Gasteiger charge is -2.27. The van der Waals surface area contributed by atoms with Crippen LogP contribution in [0.4, 0.5) is 0 Å². The maximum Gasteiger partial charge on any atom is 0.243 e. The van der Waals surface area contributed by atoms with Crippen LogP contribution < -0.4 is 5.32 Å². The third kappa shape index (κ3) is 5.32. The van der Waals surface area contributed by atoms with Crippen LogP contribution in [0.15, 0.2) is 53.4 Å². The number of rotatable bonds is 7. The molecule has 2 heterocycles. The van der Waals surface area contributed by atoms with E-state index in [0.717, 1.165) is 44.0 Å². The van der Waals surface area contributed by atoms with Gasteiger partial charge in [-0.3, -0.25) is 9.69 Å². The van der Waals surface area contributed by atoms with Crippen molar-refractivity contribution in [2.24, 2.45) is 0 Å². The summed E-state index contributed by atoms with van der Waals surface area (Å²) in [5.41, 5.74) is 2.20. The van der Waals surface area contributed by atoms with Gasteiger partial charge in [0.15, 0.2) is 0 Å². The molecule has 1 N–H and O–H groups in total. The number of hydrogen-bond acceptors (Lipinski definition) is 5. The van der Waals surface area contributed by atoms with Crippen molar-refractivity contribution in [2.45, 2.75) is 36.9 Å². The Morgan fingerprint density at radius 1 is 1.03 bits per heavy atom. The Kier molecular flexibility index (Phi) is 7.48. The number of sulfonamides is 1. The van der Waals surface area contributed by atoms with Crippen molar-refractivity contribution in [3.63, 3.8) is 0 Å². The van der Waals surface area contributed by atoms with Gasteiger partial charge < -0.3 is 10.1 Å². The van der Waals surface area contributed by atoms with Crippen LogP contribution in [0, 0.1) is 0 Å². The highest BCUT2D eigenvalue weighted by molar-refractivity contribution is 7.89. The Morgan fingerprint density at radius 3 is 2.44 bits per heavy atom. The molecule has 0 radical (unpaired) electrons. The van der Waals surface area contributed by atoms with Gasteiger partial charge in [0, 0.05) is 37.7 Å². The summed E-state index contributed by atoms with van der Waals surface area (Å²) in [5, 5.41) is 3.44. The van der Waals surface area contributed by atoms with Crippen LogP contribution in [0.25, 0.3) is 0 Å². The lowest BCUT2D eigenvalue weighted by atomic mass is 10.1. The molecule has 9 heteroatoms. The summed E-state index contributed by atoms with van der Waals surface area (Å²) in [6.07, 6.45) is 1.16. The average Bonchev–Trinajstić information content (AvgIpc) is 3.30. The van der Waals surface area contributed by atoms with Crippen LogP contribution in [0.3, 0.4) is 0 Å². The van der Waals surface area contributed by atoms with Crippen molar-refractivity contribution in [1.29, 1.82) is 0 Å². The van der Waals surface area contributed by atoms with Crippen molar-refractivity contribution < 1.29 is 17.9 Å². The second-order valence-corrected chi connectivity index (χ2v) is 10.4. The molecule has 2 aromatic carbocycles. The van der Waals surface area contributed by atoms with Gasteiger partial charge in [-0.25, -0.2) is 8.42 Å². The van der Waals surface area contributed by atoms with E-state index in [4.69, 9.17) is 16.3 Å². The first-order valence-corrected chi connectivity index (χ1v) is 12.7. The number of halogens is 1. The summed E-state index contributed by atoms with van der Waals surface area (Å²) in [7, 11) is -3.76.